The minimum absolute atomic E-state index is 0.107. The largest absolute Gasteiger partial charge is 0.442 e. The van der Waals surface area contributed by atoms with Crippen molar-refractivity contribution in [1.29, 1.82) is 0 Å². The Balaban J connectivity index is 1.62. The topological polar surface area (TPSA) is 96.0 Å². The molecule has 0 aromatic heterocycles. The van der Waals surface area contributed by atoms with E-state index in [0.717, 1.165) is 4.31 Å². The van der Waals surface area contributed by atoms with E-state index in [1.54, 1.807) is 6.08 Å². The van der Waals surface area contributed by atoms with Gasteiger partial charge in [-0.05, 0) is 30.3 Å². The number of nitrogens with one attached hydrogen (secondary N) is 1. The average Bonchev–Trinajstić information content (AvgIpc) is 3.08. The van der Waals surface area contributed by atoms with E-state index in [2.05, 4.69) is 5.32 Å². The number of halogens is 1. The maximum Gasteiger partial charge on any atom is 0.414 e. The van der Waals surface area contributed by atoms with Gasteiger partial charge in [0.2, 0.25) is 10.0 Å². The predicted molar refractivity (Wildman–Crippen MR) is 117 cm³/mol. The molecule has 0 bridgehead atoms. The number of ether oxygens (including phenoxy) is 1. The van der Waals surface area contributed by atoms with Gasteiger partial charge in [-0.25, -0.2) is 17.5 Å². The average molecular weight is 470 g/mol. The summed E-state index contributed by atoms with van der Waals surface area (Å²) in [7, 11) is -0.667. The van der Waals surface area contributed by atoms with Crippen molar-refractivity contribution in [3.63, 3.8) is 0 Å². The summed E-state index contributed by atoms with van der Waals surface area (Å²) in [5.41, 5.74) is 0.830. The summed E-state index contributed by atoms with van der Waals surface area (Å²) in [6.45, 7) is 0.318. The fourth-order valence-corrected chi connectivity index (χ4v) is 4.24. The molecule has 0 saturated carbocycles. The Morgan fingerprint density at radius 3 is 2.63 bits per heavy atom. The summed E-state index contributed by atoms with van der Waals surface area (Å²) in [5, 5.41) is 3.16. The van der Waals surface area contributed by atoms with Crippen LogP contribution in [0.2, 0.25) is 0 Å². The van der Waals surface area contributed by atoms with Crippen molar-refractivity contribution >= 4 is 56.4 Å². The van der Waals surface area contributed by atoms with Crippen LogP contribution in [-0.2, 0) is 19.6 Å². The first-order valence-electron chi connectivity index (χ1n) is 8.99. The standard InChI is InChI=1S/C19H20ClN3O5S2/c1-22(2)30(26,27)15-6-4-13(5-7-15)23-11-14(28-19(23)25)10-21-18(24)16-9-12(20)3-8-17(16)29/h3-7,9,14H,8,10-11H2,1-2H3,(H,21,24)/t14-/m0/s1. The van der Waals surface area contributed by atoms with Crippen LogP contribution in [0, 0.1) is 0 Å². The number of nitrogens with zero attached hydrogens (tertiary/aromatic N) is 2. The van der Waals surface area contributed by atoms with Gasteiger partial charge in [-0.15, -0.1) is 0 Å². The van der Waals surface area contributed by atoms with Gasteiger partial charge < -0.3 is 10.1 Å². The number of thiocarbonyl (C=S) groups is 1. The molecular weight excluding hydrogens is 450 g/mol. The SMILES string of the molecule is CN(C)S(=O)(=O)c1ccc(N2C[C@H](CNC(=O)C3=CC(Cl)=CCC3=S)OC2=O)cc1. The van der Waals surface area contributed by atoms with Gasteiger partial charge in [0.15, 0.2) is 0 Å². The lowest BCUT2D eigenvalue weighted by Gasteiger charge is -2.16. The first kappa shape index (κ1) is 22.4. The van der Waals surface area contributed by atoms with Crippen molar-refractivity contribution in [3.8, 4) is 0 Å². The van der Waals surface area contributed by atoms with Gasteiger partial charge in [-0.3, -0.25) is 9.69 Å². The first-order chi connectivity index (χ1) is 14.1. The first-order valence-corrected chi connectivity index (χ1v) is 11.2. The highest BCUT2D eigenvalue weighted by Gasteiger charge is 2.33. The van der Waals surface area contributed by atoms with Gasteiger partial charge in [0, 0.05) is 36.1 Å². The van der Waals surface area contributed by atoms with E-state index >= 15 is 0 Å². The molecule has 1 fully saturated rings. The summed E-state index contributed by atoms with van der Waals surface area (Å²) in [4.78, 5) is 26.6. The second kappa shape index (κ2) is 8.84. The lowest BCUT2D eigenvalue weighted by molar-refractivity contribution is -0.117. The molecule has 2 amide bonds. The lowest BCUT2D eigenvalue weighted by Crippen LogP contribution is -2.36. The second-order valence-corrected chi connectivity index (χ2v) is 9.96. The number of hydrogen-bond donors (Lipinski definition) is 1. The van der Waals surface area contributed by atoms with Gasteiger partial charge in [0.25, 0.3) is 5.91 Å². The number of cyclic esters (lactones) is 1. The number of carbonyl (C=O) groups is 2. The number of sulfonamides is 1. The van der Waals surface area contributed by atoms with Crippen LogP contribution in [0.1, 0.15) is 6.42 Å². The Labute approximate surface area is 185 Å². The smallest absolute Gasteiger partial charge is 0.414 e. The van der Waals surface area contributed by atoms with Gasteiger partial charge in [-0.1, -0.05) is 29.9 Å². The molecule has 1 atom stereocenters. The van der Waals surface area contributed by atoms with Gasteiger partial charge in [0.05, 0.1) is 23.6 Å². The molecule has 1 aliphatic heterocycles. The van der Waals surface area contributed by atoms with E-state index in [1.807, 2.05) is 0 Å². The van der Waals surface area contributed by atoms with Gasteiger partial charge in [-0.2, -0.15) is 0 Å². The summed E-state index contributed by atoms with van der Waals surface area (Å²) < 4.78 is 30.7. The van der Waals surface area contributed by atoms with Crippen molar-refractivity contribution in [2.24, 2.45) is 0 Å². The molecule has 8 nitrogen and oxygen atoms in total. The third kappa shape index (κ3) is 4.72. The molecule has 0 unspecified atom stereocenters. The van der Waals surface area contributed by atoms with Crippen molar-refractivity contribution < 1.29 is 22.7 Å². The Bertz CT molecular complexity index is 1050. The number of amides is 2. The maximum atomic E-state index is 12.4. The van der Waals surface area contributed by atoms with Crippen molar-refractivity contribution in [2.45, 2.75) is 17.4 Å². The molecule has 0 radical (unpaired) electrons. The molecule has 11 heteroatoms. The normalized spacial score (nSPS) is 19.5. The van der Waals surface area contributed by atoms with Gasteiger partial charge >= 0.3 is 6.09 Å². The van der Waals surface area contributed by atoms with Crippen LogP contribution in [0.25, 0.3) is 0 Å². The van der Waals surface area contributed by atoms with E-state index in [0.29, 0.717) is 27.6 Å². The zero-order valence-corrected chi connectivity index (χ0v) is 18.7. The number of allylic oxidation sites excluding steroid dienone is 3. The minimum Gasteiger partial charge on any atom is -0.442 e. The molecule has 2 aliphatic rings. The summed E-state index contributed by atoms with van der Waals surface area (Å²) in [6.07, 6.45) is 2.54. The highest BCUT2D eigenvalue weighted by molar-refractivity contribution is 7.89. The fourth-order valence-electron chi connectivity index (χ4n) is 2.92. The van der Waals surface area contributed by atoms with Crippen LogP contribution in [-0.4, -0.2) is 62.9 Å². The second-order valence-electron chi connectivity index (χ2n) is 6.88. The van der Waals surface area contributed by atoms with E-state index in [9.17, 15) is 18.0 Å². The predicted octanol–water partition coefficient (Wildman–Crippen LogP) is 2.20. The van der Waals surface area contributed by atoms with Crippen LogP contribution in [0.5, 0.6) is 0 Å². The molecular formula is C19H20ClN3O5S2. The van der Waals surface area contributed by atoms with E-state index in [4.69, 9.17) is 28.6 Å². The van der Waals surface area contributed by atoms with Crippen LogP contribution < -0.4 is 10.2 Å². The van der Waals surface area contributed by atoms with Crippen molar-refractivity contribution in [3.05, 3.63) is 47.0 Å². The Hall–Kier alpha value is -2.27. The quantitative estimate of drug-likeness (QED) is 0.642. The molecule has 1 heterocycles. The van der Waals surface area contributed by atoms with Crippen molar-refractivity contribution in [2.75, 3.05) is 32.1 Å². The van der Waals surface area contributed by atoms with Crippen LogP contribution in [0.4, 0.5) is 10.5 Å². The fraction of sp³-hybridized carbons (Fsp3) is 0.316. The van der Waals surface area contributed by atoms with Crippen LogP contribution >= 0.6 is 23.8 Å². The Morgan fingerprint density at radius 1 is 1.33 bits per heavy atom. The third-order valence-corrected chi connectivity index (χ3v) is 7.08. The van der Waals surface area contributed by atoms with Crippen LogP contribution in [0.3, 0.4) is 0 Å². The molecule has 1 aliphatic carbocycles. The molecule has 1 saturated heterocycles. The number of hydrogen-bond acceptors (Lipinski definition) is 6. The molecule has 1 aromatic carbocycles. The minimum atomic E-state index is -3.56. The number of anilines is 1. The summed E-state index contributed by atoms with van der Waals surface area (Å²) in [5.74, 6) is -0.376. The summed E-state index contributed by atoms with van der Waals surface area (Å²) in [6, 6.07) is 5.94. The Kier molecular flexibility index (Phi) is 6.61. The van der Waals surface area contributed by atoms with E-state index < -0.39 is 22.2 Å². The number of carbonyl (C=O) groups excluding carboxylic acids is 2. The highest BCUT2D eigenvalue weighted by atomic mass is 35.5. The number of rotatable bonds is 6. The molecule has 0 spiro atoms. The van der Waals surface area contributed by atoms with Crippen LogP contribution in [0.15, 0.2) is 51.9 Å². The molecule has 30 heavy (non-hydrogen) atoms. The molecule has 160 valence electrons. The van der Waals surface area contributed by atoms with E-state index in [-0.39, 0.29) is 23.9 Å². The Morgan fingerprint density at radius 2 is 2.00 bits per heavy atom. The zero-order valence-electron chi connectivity index (χ0n) is 16.3. The summed E-state index contributed by atoms with van der Waals surface area (Å²) >= 11 is 11.1. The van der Waals surface area contributed by atoms with E-state index in [1.165, 1.54) is 49.3 Å². The highest BCUT2D eigenvalue weighted by Crippen LogP contribution is 2.24. The van der Waals surface area contributed by atoms with Gasteiger partial charge in [0.1, 0.15) is 6.10 Å². The molecule has 3 rings (SSSR count). The van der Waals surface area contributed by atoms with Crippen molar-refractivity contribution in [1.82, 2.24) is 9.62 Å². The third-order valence-electron chi connectivity index (χ3n) is 4.60. The molecule has 1 aromatic rings. The molecule has 1 N–H and O–H groups in total. The maximum absolute atomic E-state index is 12.4. The lowest BCUT2D eigenvalue weighted by atomic mass is 10.0. The number of benzene rings is 1. The monoisotopic (exact) mass is 469 g/mol. The zero-order chi connectivity index (χ0) is 22.1.